The number of rotatable bonds is 2. The predicted octanol–water partition coefficient (Wildman–Crippen LogP) is 4.23. The highest BCUT2D eigenvalue weighted by Gasteiger charge is 2.31. The van der Waals surface area contributed by atoms with Gasteiger partial charge >= 0.3 is 18.3 Å². The molecular weight excluding hydrogens is 368 g/mol. The summed E-state index contributed by atoms with van der Waals surface area (Å²) in [5.41, 5.74) is -1.10. The average molecular weight is 377 g/mol. The van der Waals surface area contributed by atoms with Gasteiger partial charge in [-0.15, -0.1) is 0 Å². The quantitative estimate of drug-likeness (QED) is 0.630. The zero-order valence-corrected chi connectivity index (χ0v) is 12.6. The number of halogens is 6. The summed E-state index contributed by atoms with van der Waals surface area (Å²) >= 11 is 0. The van der Waals surface area contributed by atoms with Crippen molar-refractivity contribution in [3.63, 3.8) is 0 Å². The van der Waals surface area contributed by atoms with E-state index in [2.05, 4.69) is 4.84 Å². The first kappa shape index (κ1) is 19.3. The van der Waals surface area contributed by atoms with Gasteiger partial charge in [0, 0.05) is 5.56 Å². The molecule has 0 aliphatic rings. The Balaban J connectivity index is 2.02. The molecule has 0 aromatic heterocycles. The van der Waals surface area contributed by atoms with E-state index in [1.807, 2.05) is 0 Å². The molecule has 138 valence electrons. The van der Waals surface area contributed by atoms with E-state index in [4.69, 9.17) is 0 Å². The second kappa shape index (κ2) is 7.06. The van der Waals surface area contributed by atoms with Crippen molar-refractivity contribution in [1.82, 2.24) is 5.48 Å². The molecule has 2 aromatic rings. The molecule has 0 saturated carbocycles. The molecule has 0 bridgehead atoms. The van der Waals surface area contributed by atoms with E-state index < -0.39 is 40.9 Å². The van der Waals surface area contributed by atoms with E-state index in [9.17, 15) is 35.9 Å². The summed E-state index contributed by atoms with van der Waals surface area (Å²) in [7, 11) is 0. The van der Waals surface area contributed by atoms with Crippen molar-refractivity contribution < 1.29 is 40.8 Å². The lowest BCUT2D eigenvalue weighted by atomic mass is 10.1. The van der Waals surface area contributed by atoms with Gasteiger partial charge in [-0.1, -0.05) is 6.07 Å². The second-order valence-corrected chi connectivity index (χ2v) is 4.97. The van der Waals surface area contributed by atoms with Crippen LogP contribution < -0.4 is 5.48 Å². The first-order valence-corrected chi connectivity index (χ1v) is 6.84. The molecule has 4 nitrogen and oxygen atoms in total. The van der Waals surface area contributed by atoms with Gasteiger partial charge in [-0.05, 0) is 42.5 Å². The van der Waals surface area contributed by atoms with Gasteiger partial charge in [0.15, 0.2) is 0 Å². The van der Waals surface area contributed by atoms with Crippen LogP contribution in [0.5, 0.6) is 0 Å². The Morgan fingerprint density at radius 3 is 1.88 bits per heavy atom. The molecule has 0 aliphatic carbocycles. The molecule has 1 amide bonds. The molecular formula is C16H9F6NO3. The Labute approximate surface area is 142 Å². The molecule has 0 heterocycles. The monoisotopic (exact) mass is 377 g/mol. The fraction of sp³-hybridized carbons (Fsp3) is 0.125. The number of hydrogen-bond donors (Lipinski definition) is 1. The maximum atomic E-state index is 12.6. The highest BCUT2D eigenvalue weighted by molar-refractivity contribution is 5.96. The zero-order chi connectivity index (χ0) is 19.5. The summed E-state index contributed by atoms with van der Waals surface area (Å²) in [6.45, 7) is 0. The molecule has 0 radical (unpaired) electrons. The first-order valence-electron chi connectivity index (χ1n) is 6.84. The van der Waals surface area contributed by atoms with Crippen LogP contribution >= 0.6 is 0 Å². The van der Waals surface area contributed by atoms with Crippen molar-refractivity contribution in [2.45, 2.75) is 12.4 Å². The minimum atomic E-state index is -4.67. The molecule has 0 saturated heterocycles. The van der Waals surface area contributed by atoms with Crippen LogP contribution in [0.15, 0.2) is 48.5 Å². The van der Waals surface area contributed by atoms with Crippen LogP contribution in [0.3, 0.4) is 0 Å². The Kier molecular flexibility index (Phi) is 5.24. The van der Waals surface area contributed by atoms with Gasteiger partial charge in [0.05, 0.1) is 16.7 Å². The van der Waals surface area contributed by atoms with Crippen LogP contribution in [-0.4, -0.2) is 11.9 Å². The Hall–Kier alpha value is -3.04. The van der Waals surface area contributed by atoms with Gasteiger partial charge < -0.3 is 4.84 Å². The summed E-state index contributed by atoms with van der Waals surface area (Å²) in [6, 6.07) is 6.34. The number of carbonyl (C=O) groups is 2. The van der Waals surface area contributed by atoms with Crippen molar-refractivity contribution >= 4 is 11.9 Å². The molecule has 0 fully saturated rings. The van der Waals surface area contributed by atoms with Gasteiger partial charge in [0.25, 0.3) is 5.91 Å². The topological polar surface area (TPSA) is 55.4 Å². The summed E-state index contributed by atoms with van der Waals surface area (Å²) in [4.78, 5) is 27.8. The predicted molar refractivity (Wildman–Crippen MR) is 75.8 cm³/mol. The smallest absolute Gasteiger partial charge is 0.335 e. The van der Waals surface area contributed by atoms with E-state index >= 15 is 0 Å². The Bertz CT molecular complexity index is 812. The van der Waals surface area contributed by atoms with Crippen LogP contribution in [0, 0.1) is 0 Å². The lowest BCUT2D eigenvalue weighted by Gasteiger charge is -2.10. The van der Waals surface area contributed by atoms with Crippen molar-refractivity contribution in [3.05, 3.63) is 70.8 Å². The largest absolute Gasteiger partial charge is 0.416 e. The van der Waals surface area contributed by atoms with Gasteiger partial charge in [-0.2, -0.15) is 31.8 Å². The normalized spacial score (nSPS) is 11.8. The number of hydroxylamine groups is 1. The van der Waals surface area contributed by atoms with E-state index in [-0.39, 0.29) is 5.56 Å². The zero-order valence-electron chi connectivity index (χ0n) is 12.6. The molecule has 1 N–H and O–H groups in total. The third kappa shape index (κ3) is 4.74. The third-order valence-corrected chi connectivity index (χ3v) is 3.14. The molecule has 26 heavy (non-hydrogen) atoms. The second-order valence-electron chi connectivity index (χ2n) is 4.97. The standard InChI is InChI=1S/C16H9F6NO3/c17-15(18,19)11-6-4-9(5-7-11)13(24)23-26-14(25)10-2-1-3-12(8-10)16(20,21)22/h1-8H,(H,23,24). The molecule has 0 unspecified atom stereocenters. The number of carbonyl (C=O) groups excluding carboxylic acids is 2. The highest BCUT2D eigenvalue weighted by Crippen LogP contribution is 2.30. The number of amides is 1. The Morgan fingerprint density at radius 1 is 0.769 bits per heavy atom. The van der Waals surface area contributed by atoms with Crippen molar-refractivity contribution in [2.24, 2.45) is 0 Å². The summed E-state index contributed by atoms with van der Waals surface area (Å²) in [5.74, 6) is -2.31. The van der Waals surface area contributed by atoms with Crippen LogP contribution in [0.4, 0.5) is 26.3 Å². The lowest BCUT2D eigenvalue weighted by Crippen LogP contribution is -2.27. The first-order chi connectivity index (χ1) is 12.0. The van der Waals surface area contributed by atoms with Crippen LogP contribution in [0.2, 0.25) is 0 Å². The van der Waals surface area contributed by atoms with Crippen molar-refractivity contribution in [1.29, 1.82) is 0 Å². The van der Waals surface area contributed by atoms with Crippen LogP contribution in [-0.2, 0) is 17.2 Å². The minimum absolute atomic E-state index is 0.241. The SMILES string of the molecule is O=C(NOC(=O)c1cccc(C(F)(F)F)c1)c1ccc(C(F)(F)F)cc1. The summed E-state index contributed by atoms with van der Waals surface area (Å²) in [6.07, 6.45) is -9.25. The molecule has 0 atom stereocenters. The van der Waals surface area contributed by atoms with Crippen molar-refractivity contribution in [2.75, 3.05) is 0 Å². The molecule has 2 aromatic carbocycles. The van der Waals surface area contributed by atoms with E-state index in [0.29, 0.717) is 18.2 Å². The van der Waals surface area contributed by atoms with Crippen molar-refractivity contribution in [3.8, 4) is 0 Å². The number of nitrogens with one attached hydrogen (secondary N) is 1. The fourth-order valence-corrected chi connectivity index (χ4v) is 1.84. The molecule has 0 spiro atoms. The molecule has 0 aliphatic heterocycles. The van der Waals surface area contributed by atoms with Gasteiger partial charge in [0.1, 0.15) is 0 Å². The van der Waals surface area contributed by atoms with Crippen LogP contribution in [0.1, 0.15) is 31.8 Å². The summed E-state index contributed by atoms with van der Waals surface area (Å²) in [5, 5.41) is 0. The van der Waals surface area contributed by atoms with Gasteiger partial charge in [0.2, 0.25) is 0 Å². The number of hydrogen-bond acceptors (Lipinski definition) is 3. The maximum absolute atomic E-state index is 12.6. The van der Waals surface area contributed by atoms with Gasteiger partial charge in [-0.25, -0.2) is 4.79 Å². The molecule has 2 rings (SSSR count). The third-order valence-electron chi connectivity index (χ3n) is 3.14. The maximum Gasteiger partial charge on any atom is 0.416 e. The minimum Gasteiger partial charge on any atom is -0.335 e. The van der Waals surface area contributed by atoms with Crippen LogP contribution in [0.25, 0.3) is 0 Å². The van der Waals surface area contributed by atoms with E-state index in [1.54, 1.807) is 5.48 Å². The highest BCUT2D eigenvalue weighted by atomic mass is 19.4. The van der Waals surface area contributed by atoms with E-state index in [0.717, 1.165) is 30.3 Å². The van der Waals surface area contributed by atoms with E-state index in [1.165, 1.54) is 0 Å². The summed E-state index contributed by atoms with van der Waals surface area (Å²) < 4.78 is 75.0. The average Bonchev–Trinajstić information content (AvgIpc) is 2.58. The fourth-order valence-electron chi connectivity index (χ4n) is 1.84. The number of alkyl halides is 6. The lowest BCUT2D eigenvalue weighted by molar-refractivity contribution is -0.138. The van der Waals surface area contributed by atoms with Gasteiger partial charge in [-0.3, -0.25) is 4.79 Å². The molecule has 10 heteroatoms. The number of benzene rings is 2. The Morgan fingerprint density at radius 2 is 1.35 bits per heavy atom.